The van der Waals surface area contributed by atoms with E-state index < -0.39 is 16.1 Å². The molecule has 1 aliphatic rings. The molecular formula is C23H22Cl2N2O3S. The van der Waals surface area contributed by atoms with Crippen LogP contribution in [-0.4, -0.2) is 41.5 Å². The van der Waals surface area contributed by atoms with Crippen molar-refractivity contribution in [2.24, 2.45) is 0 Å². The van der Waals surface area contributed by atoms with E-state index >= 15 is 0 Å². The van der Waals surface area contributed by atoms with Gasteiger partial charge in [-0.2, -0.15) is 0 Å². The smallest absolute Gasteiger partial charge is 0.268 e. The highest BCUT2D eigenvalue weighted by molar-refractivity contribution is 7.90. The fraction of sp³-hybridized carbons (Fsp3) is 0.261. The predicted molar refractivity (Wildman–Crippen MR) is 124 cm³/mol. The summed E-state index contributed by atoms with van der Waals surface area (Å²) in [4.78, 5) is 14.6. The minimum absolute atomic E-state index is 0.150. The molecule has 0 N–H and O–H groups in total. The summed E-state index contributed by atoms with van der Waals surface area (Å²) in [6, 6.07) is 15.4. The summed E-state index contributed by atoms with van der Waals surface area (Å²) in [6.45, 7) is 0.439. The maximum atomic E-state index is 13.6. The highest BCUT2D eigenvalue weighted by Crippen LogP contribution is 2.40. The number of alkyl halides is 2. The van der Waals surface area contributed by atoms with E-state index in [1.54, 1.807) is 41.3 Å². The number of amides is 1. The van der Waals surface area contributed by atoms with Gasteiger partial charge in [0.05, 0.1) is 16.5 Å². The number of para-hydroxylation sites is 1. The summed E-state index contributed by atoms with van der Waals surface area (Å²) in [7, 11) is -3.82. The molecule has 1 atom stereocenters. The molecule has 2 aromatic carbocycles. The van der Waals surface area contributed by atoms with Gasteiger partial charge in [-0.05, 0) is 24.6 Å². The van der Waals surface area contributed by atoms with Gasteiger partial charge in [-0.15, -0.1) is 23.2 Å². The monoisotopic (exact) mass is 476 g/mol. The first-order valence-electron chi connectivity index (χ1n) is 10.0. The minimum Gasteiger partial charge on any atom is -0.331 e. The van der Waals surface area contributed by atoms with E-state index in [0.717, 1.165) is 10.9 Å². The molecule has 0 bridgehead atoms. The highest BCUT2D eigenvalue weighted by atomic mass is 35.5. The number of halogens is 2. The number of benzene rings is 2. The van der Waals surface area contributed by atoms with Crippen molar-refractivity contribution in [2.75, 3.05) is 18.3 Å². The third-order valence-electron chi connectivity index (χ3n) is 5.48. The van der Waals surface area contributed by atoms with Crippen molar-refractivity contribution in [3.63, 3.8) is 0 Å². The zero-order chi connectivity index (χ0) is 22.0. The molecule has 1 aliphatic carbocycles. The quantitative estimate of drug-likeness (QED) is 0.365. The van der Waals surface area contributed by atoms with E-state index in [4.69, 9.17) is 23.2 Å². The number of fused-ring (bicyclic) bond motifs is 3. The molecule has 0 aliphatic heterocycles. The molecule has 0 spiro atoms. The molecule has 1 heterocycles. The van der Waals surface area contributed by atoms with Gasteiger partial charge in [0.25, 0.3) is 10.0 Å². The lowest BCUT2D eigenvalue weighted by Gasteiger charge is -2.32. The molecule has 0 fully saturated rings. The molecule has 0 saturated heterocycles. The van der Waals surface area contributed by atoms with Gasteiger partial charge in [0, 0.05) is 35.5 Å². The molecule has 1 amide bonds. The summed E-state index contributed by atoms with van der Waals surface area (Å²) in [6.07, 6.45) is 4.93. The fourth-order valence-corrected chi connectivity index (χ4v) is 6.04. The molecule has 0 unspecified atom stereocenters. The van der Waals surface area contributed by atoms with Crippen molar-refractivity contribution in [3.8, 4) is 0 Å². The molecular weight excluding hydrogens is 455 g/mol. The third-order valence-corrected chi connectivity index (χ3v) is 7.74. The van der Waals surface area contributed by atoms with E-state index in [0.29, 0.717) is 36.5 Å². The highest BCUT2D eigenvalue weighted by Gasteiger charge is 2.34. The summed E-state index contributed by atoms with van der Waals surface area (Å²) in [5.41, 5.74) is 2.09. The minimum atomic E-state index is -3.82. The van der Waals surface area contributed by atoms with Gasteiger partial charge in [-0.3, -0.25) is 4.79 Å². The Kier molecular flexibility index (Phi) is 6.42. The summed E-state index contributed by atoms with van der Waals surface area (Å²) in [5, 5.41) is 0.810. The predicted octanol–water partition coefficient (Wildman–Crippen LogP) is 4.73. The molecule has 0 radical (unpaired) electrons. The topological polar surface area (TPSA) is 59.4 Å². The number of carbonyl (C=O) groups is 1. The van der Waals surface area contributed by atoms with Crippen LogP contribution in [0.4, 0.5) is 0 Å². The van der Waals surface area contributed by atoms with Crippen molar-refractivity contribution in [2.45, 2.75) is 23.8 Å². The maximum absolute atomic E-state index is 13.6. The van der Waals surface area contributed by atoms with Gasteiger partial charge in [-0.1, -0.05) is 48.6 Å². The Morgan fingerprint density at radius 3 is 2.48 bits per heavy atom. The van der Waals surface area contributed by atoms with E-state index in [1.165, 1.54) is 3.97 Å². The van der Waals surface area contributed by atoms with Crippen LogP contribution in [0.25, 0.3) is 10.9 Å². The Hall–Kier alpha value is -2.28. The van der Waals surface area contributed by atoms with Crippen LogP contribution in [0, 0.1) is 0 Å². The van der Waals surface area contributed by atoms with Crippen LogP contribution in [0.5, 0.6) is 0 Å². The summed E-state index contributed by atoms with van der Waals surface area (Å²) in [5.74, 6) is 0.0552. The average Bonchev–Trinajstić information content (AvgIpc) is 3.15. The molecule has 4 rings (SSSR count). The Bertz CT molecular complexity index is 1240. The largest absolute Gasteiger partial charge is 0.331 e. The fourth-order valence-electron chi connectivity index (χ4n) is 4.17. The van der Waals surface area contributed by atoms with E-state index in [9.17, 15) is 13.2 Å². The number of carbonyl (C=O) groups excluding carboxylic acids is 1. The lowest BCUT2D eigenvalue weighted by molar-refractivity contribution is -0.130. The lowest BCUT2D eigenvalue weighted by Crippen LogP contribution is -2.37. The second-order valence-electron chi connectivity index (χ2n) is 7.30. The summed E-state index contributed by atoms with van der Waals surface area (Å²) >= 11 is 11.8. The van der Waals surface area contributed by atoms with Crippen molar-refractivity contribution < 1.29 is 13.2 Å². The van der Waals surface area contributed by atoms with Crippen molar-refractivity contribution in [1.82, 2.24) is 8.87 Å². The van der Waals surface area contributed by atoms with Gasteiger partial charge < -0.3 is 4.90 Å². The van der Waals surface area contributed by atoms with Crippen LogP contribution in [0.15, 0.2) is 71.6 Å². The van der Waals surface area contributed by atoms with Crippen molar-refractivity contribution in [3.05, 3.63) is 78.0 Å². The third kappa shape index (κ3) is 3.88. The Morgan fingerprint density at radius 2 is 1.77 bits per heavy atom. The van der Waals surface area contributed by atoms with Crippen molar-refractivity contribution in [1.29, 1.82) is 0 Å². The Balaban J connectivity index is 1.96. The van der Waals surface area contributed by atoms with Crippen LogP contribution >= 0.6 is 23.2 Å². The van der Waals surface area contributed by atoms with Crippen LogP contribution in [0.3, 0.4) is 0 Å². The summed E-state index contributed by atoms with van der Waals surface area (Å²) < 4.78 is 28.7. The van der Waals surface area contributed by atoms with Gasteiger partial charge in [0.2, 0.25) is 5.91 Å². The number of nitrogens with zero attached hydrogens (tertiary/aromatic N) is 2. The average molecular weight is 477 g/mol. The number of hydrogen-bond donors (Lipinski definition) is 0. The van der Waals surface area contributed by atoms with E-state index in [-0.39, 0.29) is 16.7 Å². The zero-order valence-corrected chi connectivity index (χ0v) is 19.1. The standard InChI is InChI=1S/C23H22Cl2N2O3S/c24-14-7-15-26(22(28)16-25)20-12-6-13-21-23(20)18-10-4-5-11-19(18)27(21)31(29,30)17-8-2-1-3-9-17/h1-6,8-12,20H,7,13-16H2/t20-/m0/s1. The molecule has 0 saturated carbocycles. The molecule has 162 valence electrons. The number of allylic oxidation sites excluding steroid dienone is 1. The van der Waals surface area contributed by atoms with Crippen LogP contribution in [-0.2, 0) is 21.2 Å². The van der Waals surface area contributed by atoms with Crippen LogP contribution in [0.1, 0.15) is 23.7 Å². The SMILES string of the molecule is O=C(CCl)N(CCCCl)[C@H]1C=CCc2c1c1ccccc1n2S(=O)(=O)c1ccccc1. The van der Waals surface area contributed by atoms with Gasteiger partial charge >= 0.3 is 0 Å². The maximum Gasteiger partial charge on any atom is 0.268 e. The van der Waals surface area contributed by atoms with Crippen LogP contribution in [0.2, 0.25) is 0 Å². The normalized spacial score (nSPS) is 15.7. The van der Waals surface area contributed by atoms with Gasteiger partial charge in [-0.25, -0.2) is 12.4 Å². The van der Waals surface area contributed by atoms with Crippen LogP contribution < -0.4 is 0 Å². The Morgan fingerprint density at radius 1 is 1.06 bits per heavy atom. The lowest BCUT2D eigenvalue weighted by atomic mass is 9.95. The van der Waals surface area contributed by atoms with Gasteiger partial charge in [0.1, 0.15) is 5.88 Å². The van der Waals surface area contributed by atoms with Gasteiger partial charge in [0.15, 0.2) is 0 Å². The Labute approximate surface area is 191 Å². The zero-order valence-electron chi connectivity index (χ0n) is 16.7. The first-order chi connectivity index (χ1) is 15.0. The molecule has 3 aromatic rings. The number of aromatic nitrogens is 1. The second kappa shape index (κ2) is 9.07. The molecule has 31 heavy (non-hydrogen) atoms. The first-order valence-corrected chi connectivity index (χ1v) is 12.5. The molecule has 5 nitrogen and oxygen atoms in total. The van der Waals surface area contributed by atoms with E-state index in [2.05, 4.69) is 0 Å². The second-order valence-corrected chi connectivity index (χ2v) is 9.73. The number of hydrogen-bond acceptors (Lipinski definition) is 3. The first kappa shape index (κ1) is 21.9. The van der Waals surface area contributed by atoms with Crippen molar-refractivity contribution >= 4 is 50.0 Å². The molecule has 1 aromatic heterocycles. The number of rotatable bonds is 7. The molecule has 8 heteroatoms. The van der Waals surface area contributed by atoms with E-state index in [1.807, 2.05) is 30.4 Å².